The number of rotatable bonds is 3. The molecule has 0 aliphatic carbocycles. The molecule has 0 N–H and O–H groups in total. The van der Waals surface area contributed by atoms with Crippen LogP contribution in [0.1, 0.15) is 16.9 Å². The molecule has 0 atom stereocenters. The van der Waals surface area contributed by atoms with E-state index in [0.29, 0.717) is 11.5 Å². The average Bonchev–Trinajstić information content (AvgIpc) is 2.98. The molecule has 0 radical (unpaired) electrons. The summed E-state index contributed by atoms with van der Waals surface area (Å²) in [6, 6.07) is 11.9. The molecule has 0 saturated carbocycles. The van der Waals surface area contributed by atoms with E-state index >= 15 is 0 Å². The van der Waals surface area contributed by atoms with Crippen LogP contribution >= 0.6 is 0 Å². The van der Waals surface area contributed by atoms with Crippen LogP contribution in [0.15, 0.2) is 55.0 Å². The maximum absolute atomic E-state index is 13.0. The molecule has 0 spiro atoms. The zero-order chi connectivity index (χ0) is 19.5. The van der Waals surface area contributed by atoms with Gasteiger partial charge in [-0.1, -0.05) is 30.3 Å². The van der Waals surface area contributed by atoms with Crippen molar-refractivity contribution in [3.8, 4) is 22.5 Å². The first-order chi connectivity index (χ1) is 13.6. The lowest BCUT2D eigenvalue weighted by atomic mass is 10.1. The molecule has 1 amide bonds. The molecule has 0 unspecified atom stereocenters. The van der Waals surface area contributed by atoms with Gasteiger partial charge in [-0.2, -0.15) is 0 Å². The van der Waals surface area contributed by atoms with Crippen molar-refractivity contribution in [1.82, 2.24) is 24.3 Å². The van der Waals surface area contributed by atoms with Crippen LogP contribution in [0.5, 0.6) is 0 Å². The van der Waals surface area contributed by atoms with Gasteiger partial charge in [0, 0.05) is 62.0 Å². The molecule has 2 aromatic heterocycles. The Morgan fingerprint density at radius 1 is 0.893 bits per heavy atom. The summed E-state index contributed by atoms with van der Waals surface area (Å²) in [4.78, 5) is 26.2. The van der Waals surface area contributed by atoms with Crippen molar-refractivity contribution >= 4 is 5.91 Å². The Labute approximate surface area is 165 Å². The standard InChI is InChI=1S/C22H25N5O/c1-25-9-6-10-27(12-11-25)22(28)20-13-18(16-26(20)2)19-14-23-21(24-15-19)17-7-4-3-5-8-17/h3-5,7-8,13-16H,6,9-12H2,1-2H3. The number of benzene rings is 1. The van der Waals surface area contributed by atoms with E-state index in [1.165, 1.54) is 0 Å². The Morgan fingerprint density at radius 3 is 2.39 bits per heavy atom. The van der Waals surface area contributed by atoms with Crippen molar-refractivity contribution < 1.29 is 4.79 Å². The predicted octanol–water partition coefficient (Wildman–Crippen LogP) is 2.93. The van der Waals surface area contributed by atoms with Crippen molar-refractivity contribution in [3.05, 3.63) is 60.7 Å². The highest BCUT2D eigenvalue weighted by atomic mass is 16.2. The summed E-state index contributed by atoms with van der Waals surface area (Å²) >= 11 is 0. The molecular formula is C22H25N5O. The molecule has 1 fully saturated rings. The van der Waals surface area contributed by atoms with Gasteiger partial charge in [0.2, 0.25) is 0 Å². The SMILES string of the molecule is CN1CCCN(C(=O)c2cc(-c3cnc(-c4ccccc4)nc3)cn2C)CC1. The normalized spacial score (nSPS) is 15.4. The number of aromatic nitrogens is 3. The van der Waals surface area contributed by atoms with E-state index < -0.39 is 0 Å². The fourth-order valence-electron chi connectivity index (χ4n) is 3.56. The number of aryl methyl sites for hydroxylation is 1. The van der Waals surface area contributed by atoms with Crippen LogP contribution in [0.3, 0.4) is 0 Å². The third kappa shape index (κ3) is 3.82. The van der Waals surface area contributed by atoms with Crippen molar-refractivity contribution in [2.45, 2.75) is 6.42 Å². The molecule has 1 saturated heterocycles. The van der Waals surface area contributed by atoms with E-state index in [4.69, 9.17) is 0 Å². The lowest BCUT2D eigenvalue weighted by Crippen LogP contribution is -2.35. The Bertz CT molecular complexity index is 949. The van der Waals surface area contributed by atoms with E-state index in [0.717, 1.165) is 49.3 Å². The van der Waals surface area contributed by atoms with Gasteiger partial charge in [-0.25, -0.2) is 9.97 Å². The monoisotopic (exact) mass is 375 g/mol. The number of likely N-dealkylation sites (N-methyl/N-ethyl adjacent to an activating group) is 1. The molecule has 1 aliphatic heterocycles. The van der Waals surface area contributed by atoms with Gasteiger partial charge in [0.25, 0.3) is 5.91 Å². The van der Waals surface area contributed by atoms with Gasteiger partial charge in [-0.3, -0.25) is 4.79 Å². The van der Waals surface area contributed by atoms with Crippen LogP contribution in [0.25, 0.3) is 22.5 Å². The van der Waals surface area contributed by atoms with Crippen LogP contribution in [0.4, 0.5) is 0 Å². The zero-order valence-electron chi connectivity index (χ0n) is 16.4. The summed E-state index contributed by atoms with van der Waals surface area (Å²) < 4.78 is 1.90. The molecule has 28 heavy (non-hydrogen) atoms. The Morgan fingerprint density at radius 2 is 1.64 bits per heavy atom. The Balaban J connectivity index is 1.55. The number of amides is 1. The number of hydrogen-bond acceptors (Lipinski definition) is 4. The molecule has 3 aromatic rings. The Hall–Kier alpha value is -2.99. The van der Waals surface area contributed by atoms with Gasteiger partial charge in [-0.15, -0.1) is 0 Å². The van der Waals surface area contributed by atoms with E-state index in [1.54, 1.807) is 0 Å². The highest BCUT2D eigenvalue weighted by molar-refractivity contribution is 5.94. The maximum atomic E-state index is 13.0. The highest BCUT2D eigenvalue weighted by Gasteiger charge is 2.22. The second kappa shape index (κ2) is 7.94. The van der Waals surface area contributed by atoms with E-state index in [2.05, 4.69) is 21.9 Å². The van der Waals surface area contributed by atoms with Gasteiger partial charge in [0.05, 0.1) is 0 Å². The molecule has 1 aromatic carbocycles. The molecule has 3 heterocycles. The largest absolute Gasteiger partial charge is 0.346 e. The summed E-state index contributed by atoms with van der Waals surface area (Å²) in [5.74, 6) is 0.788. The van der Waals surface area contributed by atoms with E-state index in [-0.39, 0.29) is 5.91 Å². The van der Waals surface area contributed by atoms with Crippen LogP contribution < -0.4 is 0 Å². The topological polar surface area (TPSA) is 54.3 Å². The smallest absolute Gasteiger partial charge is 0.270 e. The van der Waals surface area contributed by atoms with Crippen molar-refractivity contribution in [2.24, 2.45) is 7.05 Å². The highest BCUT2D eigenvalue weighted by Crippen LogP contribution is 2.23. The molecule has 0 bridgehead atoms. The molecule has 6 heteroatoms. The lowest BCUT2D eigenvalue weighted by Gasteiger charge is -2.20. The third-order valence-electron chi connectivity index (χ3n) is 5.25. The fraction of sp³-hybridized carbons (Fsp3) is 0.318. The van der Waals surface area contributed by atoms with Crippen LogP contribution in [-0.4, -0.2) is 63.5 Å². The number of hydrogen-bond donors (Lipinski definition) is 0. The van der Waals surface area contributed by atoms with Gasteiger partial charge >= 0.3 is 0 Å². The molecule has 144 valence electrons. The molecular weight excluding hydrogens is 350 g/mol. The number of carbonyl (C=O) groups is 1. The summed E-state index contributed by atoms with van der Waals surface area (Å²) in [5, 5.41) is 0. The molecule has 6 nitrogen and oxygen atoms in total. The third-order valence-corrected chi connectivity index (χ3v) is 5.25. The maximum Gasteiger partial charge on any atom is 0.270 e. The lowest BCUT2D eigenvalue weighted by molar-refractivity contribution is 0.0753. The first-order valence-electron chi connectivity index (χ1n) is 9.64. The van der Waals surface area contributed by atoms with Crippen molar-refractivity contribution in [3.63, 3.8) is 0 Å². The zero-order valence-corrected chi connectivity index (χ0v) is 16.4. The minimum atomic E-state index is 0.0888. The van der Waals surface area contributed by atoms with Gasteiger partial charge < -0.3 is 14.4 Å². The van der Waals surface area contributed by atoms with Crippen molar-refractivity contribution in [1.29, 1.82) is 0 Å². The average molecular weight is 375 g/mol. The summed E-state index contributed by atoms with van der Waals surface area (Å²) in [5.41, 5.74) is 3.55. The number of carbonyl (C=O) groups excluding carboxylic acids is 1. The van der Waals surface area contributed by atoms with Crippen LogP contribution in [0, 0.1) is 0 Å². The van der Waals surface area contributed by atoms with Gasteiger partial charge in [-0.05, 0) is 26.1 Å². The summed E-state index contributed by atoms with van der Waals surface area (Å²) in [6.07, 6.45) is 6.62. The molecule has 1 aliphatic rings. The minimum absolute atomic E-state index is 0.0888. The summed E-state index contributed by atoms with van der Waals surface area (Å²) in [6.45, 7) is 3.52. The van der Waals surface area contributed by atoms with Gasteiger partial charge in [0.1, 0.15) is 5.69 Å². The Kier molecular flexibility index (Phi) is 5.21. The van der Waals surface area contributed by atoms with E-state index in [9.17, 15) is 4.79 Å². The first-order valence-corrected chi connectivity index (χ1v) is 9.64. The van der Waals surface area contributed by atoms with Gasteiger partial charge in [0.15, 0.2) is 5.82 Å². The molecule has 4 rings (SSSR count). The summed E-state index contributed by atoms with van der Waals surface area (Å²) in [7, 11) is 4.02. The first kappa shape index (κ1) is 18.4. The van der Waals surface area contributed by atoms with Crippen LogP contribution in [-0.2, 0) is 7.05 Å². The number of nitrogens with zero attached hydrogens (tertiary/aromatic N) is 5. The van der Waals surface area contributed by atoms with Crippen LogP contribution in [0.2, 0.25) is 0 Å². The van der Waals surface area contributed by atoms with E-state index in [1.807, 2.05) is 71.5 Å². The van der Waals surface area contributed by atoms with Crippen molar-refractivity contribution in [2.75, 3.05) is 33.2 Å². The minimum Gasteiger partial charge on any atom is -0.346 e. The quantitative estimate of drug-likeness (QED) is 0.706. The second-order valence-corrected chi connectivity index (χ2v) is 7.34. The fourth-order valence-corrected chi connectivity index (χ4v) is 3.56. The predicted molar refractivity (Wildman–Crippen MR) is 110 cm³/mol. The second-order valence-electron chi connectivity index (χ2n) is 7.34.